The second-order valence-electron chi connectivity index (χ2n) is 9.02. The van der Waals surface area contributed by atoms with Gasteiger partial charge in [-0.1, -0.05) is 13.3 Å². The average Bonchev–Trinajstić information content (AvgIpc) is 3.09. The van der Waals surface area contributed by atoms with Crippen LogP contribution in [-0.2, 0) is 14.3 Å². The van der Waals surface area contributed by atoms with Gasteiger partial charge in [0.15, 0.2) is 0 Å². The minimum absolute atomic E-state index is 0.115. The molecule has 2 aliphatic rings. The van der Waals surface area contributed by atoms with Crippen LogP contribution >= 0.6 is 11.8 Å². The van der Waals surface area contributed by atoms with Crippen molar-refractivity contribution in [2.24, 2.45) is 11.7 Å². The summed E-state index contributed by atoms with van der Waals surface area (Å²) in [6.07, 6.45) is -0.00983. The van der Waals surface area contributed by atoms with Crippen molar-refractivity contribution in [3.63, 3.8) is 0 Å². The quantitative estimate of drug-likeness (QED) is 0.223. The van der Waals surface area contributed by atoms with E-state index in [0.29, 0.717) is 5.92 Å². The highest BCUT2D eigenvalue weighted by molar-refractivity contribution is 7.99. The van der Waals surface area contributed by atoms with Gasteiger partial charge in [-0.25, -0.2) is 0 Å². The SMILES string of the molecule is CCC[C@@H]1C[C@@H](CC(=O)N[C@H]([C@H](C)NC(=O)CN)[C@H]2OC(SC)[C@H](O)C(O)C2O)N(C)C1. The van der Waals surface area contributed by atoms with Crippen LogP contribution in [0.15, 0.2) is 0 Å². The molecule has 0 aliphatic carbocycles. The molecule has 2 rings (SSSR count). The predicted molar refractivity (Wildman–Crippen MR) is 123 cm³/mol. The van der Waals surface area contributed by atoms with Crippen LogP contribution in [0, 0.1) is 5.92 Å². The summed E-state index contributed by atoms with van der Waals surface area (Å²) in [5.74, 6) is -0.0687. The summed E-state index contributed by atoms with van der Waals surface area (Å²) in [5, 5.41) is 36.7. The standard InChI is InChI=1S/C21H40N4O6S/c1-5-6-12-7-13(25(3)10-12)8-14(26)24-16(11(2)23-15(27)9-22)20-18(29)17(28)19(30)21(31-20)32-4/h11-13,16-21,28-30H,5-10,22H2,1-4H3,(H,23,27)(H,24,26)/t11-,12+,13-,16+,17?,18?,19+,20+,21?/m0/s1. The van der Waals surface area contributed by atoms with E-state index in [-0.39, 0.29) is 24.9 Å². The highest BCUT2D eigenvalue weighted by atomic mass is 32.2. The maximum Gasteiger partial charge on any atom is 0.234 e. The molecule has 7 N–H and O–H groups in total. The zero-order chi connectivity index (χ0) is 24.0. The first-order valence-corrected chi connectivity index (χ1v) is 12.6. The van der Waals surface area contributed by atoms with Crippen molar-refractivity contribution in [1.29, 1.82) is 0 Å². The third-order valence-electron chi connectivity index (χ3n) is 6.53. The van der Waals surface area contributed by atoms with Gasteiger partial charge in [0.25, 0.3) is 0 Å². The number of rotatable bonds is 10. The Labute approximate surface area is 194 Å². The van der Waals surface area contributed by atoms with Crippen molar-refractivity contribution in [2.75, 3.05) is 26.4 Å². The van der Waals surface area contributed by atoms with E-state index in [1.807, 2.05) is 7.05 Å². The first-order valence-electron chi connectivity index (χ1n) is 11.3. The van der Waals surface area contributed by atoms with Gasteiger partial charge in [0.1, 0.15) is 29.9 Å². The lowest BCUT2D eigenvalue weighted by Gasteiger charge is -2.44. The van der Waals surface area contributed by atoms with Crippen LogP contribution in [0.1, 0.15) is 39.5 Å². The molecular weight excluding hydrogens is 436 g/mol. The molecule has 0 bridgehead atoms. The second-order valence-corrected chi connectivity index (χ2v) is 9.95. The number of aliphatic hydroxyl groups is 3. The van der Waals surface area contributed by atoms with Gasteiger partial charge in [0, 0.05) is 25.0 Å². The van der Waals surface area contributed by atoms with Crippen molar-refractivity contribution >= 4 is 23.6 Å². The number of ether oxygens (including phenoxy) is 1. The fourth-order valence-electron chi connectivity index (χ4n) is 4.77. The first-order chi connectivity index (χ1) is 15.1. The molecule has 9 atom stereocenters. The van der Waals surface area contributed by atoms with Crippen molar-refractivity contribution in [2.45, 2.75) is 87.5 Å². The number of hydrogen-bond donors (Lipinski definition) is 6. The third kappa shape index (κ3) is 6.78. The summed E-state index contributed by atoms with van der Waals surface area (Å²) in [4.78, 5) is 27.1. The number of aliphatic hydroxyl groups excluding tert-OH is 3. The highest BCUT2D eigenvalue weighted by Crippen LogP contribution is 2.30. The Bertz CT molecular complexity index is 627. The summed E-state index contributed by atoms with van der Waals surface area (Å²) in [7, 11) is 2.02. The molecule has 2 saturated heterocycles. The van der Waals surface area contributed by atoms with E-state index in [0.717, 1.165) is 25.8 Å². The Kier molecular flexibility index (Phi) is 10.7. The number of thioether (sulfide) groups is 1. The largest absolute Gasteiger partial charge is 0.388 e. The van der Waals surface area contributed by atoms with Gasteiger partial charge >= 0.3 is 0 Å². The smallest absolute Gasteiger partial charge is 0.234 e. The maximum absolute atomic E-state index is 13.0. The predicted octanol–water partition coefficient (Wildman–Crippen LogP) is -1.38. The molecule has 2 heterocycles. The number of carbonyl (C=O) groups excluding carboxylic acids is 2. The van der Waals surface area contributed by atoms with Crippen molar-refractivity contribution < 1.29 is 29.6 Å². The van der Waals surface area contributed by atoms with E-state index in [9.17, 15) is 24.9 Å². The van der Waals surface area contributed by atoms with Crippen LogP contribution in [0.2, 0.25) is 0 Å². The molecule has 0 radical (unpaired) electrons. The highest BCUT2D eigenvalue weighted by Gasteiger charge is 2.48. The van der Waals surface area contributed by atoms with E-state index in [1.54, 1.807) is 13.2 Å². The van der Waals surface area contributed by atoms with Gasteiger partial charge in [-0.3, -0.25) is 9.59 Å². The van der Waals surface area contributed by atoms with Crippen LogP contribution in [0.5, 0.6) is 0 Å². The van der Waals surface area contributed by atoms with Crippen molar-refractivity contribution in [3.8, 4) is 0 Å². The molecule has 3 unspecified atom stereocenters. The lowest BCUT2D eigenvalue weighted by atomic mass is 9.91. The van der Waals surface area contributed by atoms with Gasteiger partial charge in [-0.05, 0) is 39.0 Å². The normalized spacial score (nSPS) is 35.3. The number of likely N-dealkylation sites (tertiary alicyclic amines) is 1. The number of hydrogen-bond acceptors (Lipinski definition) is 9. The Morgan fingerprint density at radius 3 is 2.47 bits per heavy atom. The monoisotopic (exact) mass is 476 g/mol. The van der Waals surface area contributed by atoms with E-state index >= 15 is 0 Å². The van der Waals surface area contributed by atoms with Crippen molar-refractivity contribution in [1.82, 2.24) is 15.5 Å². The maximum atomic E-state index is 13.0. The third-order valence-corrected chi connectivity index (χ3v) is 7.38. The molecule has 32 heavy (non-hydrogen) atoms. The molecule has 186 valence electrons. The molecule has 0 spiro atoms. The average molecular weight is 477 g/mol. The van der Waals surface area contributed by atoms with E-state index in [2.05, 4.69) is 22.5 Å². The minimum Gasteiger partial charge on any atom is -0.388 e. The molecule has 0 aromatic carbocycles. The molecule has 0 aromatic rings. The van der Waals surface area contributed by atoms with E-state index < -0.39 is 47.8 Å². The minimum atomic E-state index is -1.45. The topological polar surface area (TPSA) is 157 Å². The number of nitrogens with two attached hydrogens (primary N) is 1. The first kappa shape index (κ1) is 27.3. The second kappa shape index (κ2) is 12.5. The summed E-state index contributed by atoms with van der Waals surface area (Å²) in [6, 6.07) is -1.35. The van der Waals surface area contributed by atoms with E-state index in [1.165, 1.54) is 11.8 Å². The van der Waals surface area contributed by atoms with Crippen LogP contribution in [0.25, 0.3) is 0 Å². The molecule has 0 saturated carbocycles. The summed E-state index contributed by atoms with van der Waals surface area (Å²) < 4.78 is 5.87. The Balaban J connectivity index is 2.14. The number of amides is 2. The number of nitrogens with one attached hydrogen (secondary N) is 2. The van der Waals surface area contributed by atoms with Gasteiger partial charge in [0.05, 0.1) is 12.6 Å². The zero-order valence-electron chi connectivity index (χ0n) is 19.4. The summed E-state index contributed by atoms with van der Waals surface area (Å²) >= 11 is 1.19. The Morgan fingerprint density at radius 2 is 1.88 bits per heavy atom. The van der Waals surface area contributed by atoms with E-state index in [4.69, 9.17) is 10.5 Å². The van der Waals surface area contributed by atoms with Gasteiger partial charge in [0.2, 0.25) is 11.8 Å². The van der Waals surface area contributed by atoms with Crippen LogP contribution in [0.3, 0.4) is 0 Å². The Morgan fingerprint density at radius 1 is 1.19 bits per heavy atom. The zero-order valence-corrected chi connectivity index (χ0v) is 20.3. The number of nitrogens with zero attached hydrogens (tertiary/aromatic N) is 1. The lowest BCUT2D eigenvalue weighted by molar-refractivity contribution is -0.206. The molecule has 2 aliphatic heterocycles. The summed E-state index contributed by atoms with van der Waals surface area (Å²) in [6.45, 7) is 4.57. The molecule has 11 heteroatoms. The molecule has 2 fully saturated rings. The molecule has 2 amide bonds. The van der Waals surface area contributed by atoms with Crippen LogP contribution in [-0.4, -0.2) is 106 Å². The van der Waals surface area contributed by atoms with Crippen LogP contribution in [0.4, 0.5) is 0 Å². The fraction of sp³-hybridized carbons (Fsp3) is 0.905. The lowest BCUT2D eigenvalue weighted by Crippen LogP contribution is -2.67. The molecule has 10 nitrogen and oxygen atoms in total. The van der Waals surface area contributed by atoms with Gasteiger partial charge in [-0.15, -0.1) is 11.8 Å². The molecular formula is C21H40N4O6S. The molecule has 0 aromatic heterocycles. The Hall–Kier alpha value is -0.950. The van der Waals surface area contributed by atoms with Gasteiger partial charge < -0.3 is 41.3 Å². The van der Waals surface area contributed by atoms with Crippen molar-refractivity contribution in [3.05, 3.63) is 0 Å². The van der Waals surface area contributed by atoms with Gasteiger partial charge in [-0.2, -0.15) is 0 Å². The summed E-state index contributed by atoms with van der Waals surface area (Å²) in [5.41, 5.74) is 4.63. The van der Waals surface area contributed by atoms with Crippen LogP contribution < -0.4 is 16.4 Å². The fourth-order valence-corrected chi connectivity index (χ4v) is 5.45. The number of carbonyl (C=O) groups is 2.